The molecule has 0 aliphatic rings. The summed E-state index contributed by atoms with van der Waals surface area (Å²) in [5.41, 5.74) is 0.0713. The Morgan fingerprint density at radius 1 is 1.06 bits per heavy atom. The van der Waals surface area contributed by atoms with Gasteiger partial charge in [0.25, 0.3) is 0 Å². The highest BCUT2D eigenvalue weighted by molar-refractivity contribution is 6.21. The lowest BCUT2D eigenvalue weighted by molar-refractivity contribution is 0.0642. The highest BCUT2D eigenvalue weighted by atomic mass is 35.5. The summed E-state index contributed by atoms with van der Waals surface area (Å²) in [7, 11) is 1.68. The Balaban J connectivity index is 3.84. The Kier molecular flexibility index (Phi) is 10.7. The minimum absolute atomic E-state index is 0.0713. The SMILES string of the molecule is COCCOCCCC(CCl)(CCl)CC(C)C. The first kappa shape index (κ1) is 17.5. The lowest BCUT2D eigenvalue weighted by Crippen LogP contribution is -2.27. The van der Waals surface area contributed by atoms with Gasteiger partial charge in [-0.1, -0.05) is 13.8 Å². The molecule has 0 N–H and O–H groups in total. The van der Waals surface area contributed by atoms with Crippen molar-refractivity contribution in [2.45, 2.75) is 33.1 Å². The number of methoxy groups -OCH3 is 1. The molecule has 0 radical (unpaired) electrons. The fraction of sp³-hybridized carbons (Fsp3) is 1.00. The van der Waals surface area contributed by atoms with Gasteiger partial charge in [0.2, 0.25) is 0 Å². The monoisotopic (exact) mass is 284 g/mol. The van der Waals surface area contributed by atoms with Crippen molar-refractivity contribution in [3.05, 3.63) is 0 Å². The molecule has 0 saturated carbocycles. The Morgan fingerprint density at radius 3 is 2.18 bits per heavy atom. The molecule has 4 heteroatoms. The van der Waals surface area contributed by atoms with Gasteiger partial charge in [-0.15, -0.1) is 23.2 Å². The Bertz CT molecular complexity index is 171. The van der Waals surface area contributed by atoms with Crippen LogP contribution in [0.25, 0.3) is 0 Å². The number of hydrogen-bond donors (Lipinski definition) is 0. The second-order valence-corrected chi connectivity index (χ2v) is 5.61. The highest BCUT2D eigenvalue weighted by Crippen LogP contribution is 2.34. The smallest absolute Gasteiger partial charge is 0.0700 e. The summed E-state index contributed by atoms with van der Waals surface area (Å²) in [4.78, 5) is 0. The molecule has 0 aromatic heterocycles. The first-order valence-corrected chi connectivity index (χ1v) is 7.36. The summed E-state index contributed by atoms with van der Waals surface area (Å²) in [6.07, 6.45) is 3.12. The first-order valence-electron chi connectivity index (χ1n) is 6.29. The molecular formula is C13H26Cl2O2. The molecule has 0 rings (SSSR count). The van der Waals surface area contributed by atoms with Crippen molar-refractivity contribution in [1.29, 1.82) is 0 Å². The van der Waals surface area contributed by atoms with Crippen LogP contribution >= 0.6 is 23.2 Å². The second-order valence-electron chi connectivity index (χ2n) is 5.07. The maximum Gasteiger partial charge on any atom is 0.0700 e. The fourth-order valence-corrected chi connectivity index (χ4v) is 2.81. The van der Waals surface area contributed by atoms with Gasteiger partial charge in [0.05, 0.1) is 13.2 Å². The maximum absolute atomic E-state index is 6.09. The molecule has 2 nitrogen and oxygen atoms in total. The number of alkyl halides is 2. The number of ether oxygens (including phenoxy) is 2. The second kappa shape index (κ2) is 10.4. The number of halogens is 2. The molecule has 0 heterocycles. The predicted octanol–water partition coefficient (Wildman–Crippen LogP) is 3.94. The van der Waals surface area contributed by atoms with E-state index in [0.717, 1.165) is 25.9 Å². The zero-order valence-electron chi connectivity index (χ0n) is 11.3. The number of rotatable bonds is 11. The van der Waals surface area contributed by atoms with Crippen molar-refractivity contribution >= 4 is 23.2 Å². The van der Waals surface area contributed by atoms with Crippen LogP contribution in [0.4, 0.5) is 0 Å². The Labute approximate surface area is 116 Å². The molecule has 0 unspecified atom stereocenters. The minimum Gasteiger partial charge on any atom is -0.382 e. The van der Waals surface area contributed by atoms with Crippen LogP contribution in [-0.2, 0) is 9.47 Å². The summed E-state index contributed by atoms with van der Waals surface area (Å²) in [6, 6.07) is 0. The lowest BCUT2D eigenvalue weighted by atomic mass is 9.80. The van der Waals surface area contributed by atoms with E-state index < -0.39 is 0 Å². The van der Waals surface area contributed by atoms with Crippen LogP contribution in [0.2, 0.25) is 0 Å². The van der Waals surface area contributed by atoms with E-state index in [2.05, 4.69) is 13.8 Å². The van der Waals surface area contributed by atoms with Gasteiger partial charge in [0.1, 0.15) is 0 Å². The first-order chi connectivity index (χ1) is 8.10. The topological polar surface area (TPSA) is 18.5 Å². The Hall–Kier alpha value is 0.500. The fourth-order valence-electron chi connectivity index (χ4n) is 2.04. The third-order valence-electron chi connectivity index (χ3n) is 2.84. The van der Waals surface area contributed by atoms with Crippen LogP contribution < -0.4 is 0 Å². The van der Waals surface area contributed by atoms with Gasteiger partial charge < -0.3 is 9.47 Å². The van der Waals surface area contributed by atoms with Gasteiger partial charge in [-0.05, 0) is 30.6 Å². The molecular weight excluding hydrogens is 259 g/mol. The van der Waals surface area contributed by atoms with Crippen molar-refractivity contribution < 1.29 is 9.47 Å². The van der Waals surface area contributed by atoms with E-state index in [-0.39, 0.29) is 5.41 Å². The van der Waals surface area contributed by atoms with E-state index >= 15 is 0 Å². The van der Waals surface area contributed by atoms with E-state index in [1.807, 2.05) is 0 Å². The molecule has 0 bridgehead atoms. The van der Waals surface area contributed by atoms with Crippen molar-refractivity contribution in [2.75, 3.05) is 38.7 Å². The van der Waals surface area contributed by atoms with Crippen molar-refractivity contribution in [1.82, 2.24) is 0 Å². The van der Waals surface area contributed by atoms with E-state index in [1.54, 1.807) is 7.11 Å². The minimum atomic E-state index is 0.0713. The van der Waals surface area contributed by atoms with Gasteiger partial charge in [0, 0.05) is 25.5 Å². The highest BCUT2D eigenvalue weighted by Gasteiger charge is 2.28. The van der Waals surface area contributed by atoms with E-state index in [1.165, 1.54) is 0 Å². The molecule has 0 saturated heterocycles. The quantitative estimate of drug-likeness (QED) is 0.423. The third-order valence-corrected chi connectivity index (χ3v) is 3.97. The maximum atomic E-state index is 6.09. The molecule has 0 atom stereocenters. The molecule has 0 spiro atoms. The molecule has 0 fully saturated rings. The van der Waals surface area contributed by atoms with Crippen LogP contribution in [0, 0.1) is 11.3 Å². The summed E-state index contributed by atoms with van der Waals surface area (Å²) < 4.78 is 10.4. The molecule has 104 valence electrons. The summed E-state index contributed by atoms with van der Waals surface area (Å²) in [5, 5.41) is 0. The van der Waals surface area contributed by atoms with Gasteiger partial charge in [0.15, 0.2) is 0 Å². The average Bonchev–Trinajstić information content (AvgIpc) is 2.31. The molecule has 17 heavy (non-hydrogen) atoms. The van der Waals surface area contributed by atoms with Gasteiger partial charge in [-0.25, -0.2) is 0 Å². The van der Waals surface area contributed by atoms with Crippen LogP contribution in [0.1, 0.15) is 33.1 Å². The van der Waals surface area contributed by atoms with Crippen molar-refractivity contribution in [2.24, 2.45) is 11.3 Å². The van der Waals surface area contributed by atoms with Crippen LogP contribution in [-0.4, -0.2) is 38.7 Å². The summed E-state index contributed by atoms with van der Waals surface area (Å²) >= 11 is 12.2. The molecule has 0 amide bonds. The van der Waals surface area contributed by atoms with Gasteiger partial charge >= 0.3 is 0 Å². The van der Waals surface area contributed by atoms with Crippen LogP contribution in [0.5, 0.6) is 0 Å². The van der Waals surface area contributed by atoms with Crippen LogP contribution in [0.15, 0.2) is 0 Å². The largest absolute Gasteiger partial charge is 0.382 e. The van der Waals surface area contributed by atoms with Crippen molar-refractivity contribution in [3.63, 3.8) is 0 Å². The molecule has 0 aliphatic heterocycles. The molecule has 0 aromatic carbocycles. The standard InChI is InChI=1S/C13H26Cl2O2/c1-12(2)9-13(10-14,11-15)5-4-6-17-8-7-16-3/h12H,4-11H2,1-3H3. The zero-order valence-corrected chi connectivity index (χ0v) is 12.8. The lowest BCUT2D eigenvalue weighted by Gasteiger charge is -2.31. The average molecular weight is 285 g/mol. The third kappa shape index (κ3) is 8.25. The Morgan fingerprint density at radius 2 is 1.71 bits per heavy atom. The zero-order chi connectivity index (χ0) is 13.1. The van der Waals surface area contributed by atoms with Gasteiger partial charge in [-0.3, -0.25) is 0 Å². The number of hydrogen-bond acceptors (Lipinski definition) is 2. The van der Waals surface area contributed by atoms with E-state index in [0.29, 0.717) is 30.9 Å². The van der Waals surface area contributed by atoms with Crippen molar-refractivity contribution in [3.8, 4) is 0 Å². The molecule has 0 aromatic rings. The predicted molar refractivity (Wildman–Crippen MR) is 75.3 cm³/mol. The van der Waals surface area contributed by atoms with Gasteiger partial charge in [-0.2, -0.15) is 0 Å². The molecule has 0 aliphatic carbocycles. The van der Waals surface area contributed by atoms with Crippen LogP contribution in [0.3, 0.4) is 0 Å². The summed E-state index contributed by atoms with van der Waals surface area (Å²) in [5.74, 6) is 1.89. The summed E-state index contributed by atoms with van der Waals surface area (Å²) in [6.45, 7) is 6.50. The van der Waals surface area contributed by atoms with E-state index in [9.17, 15) is 0 Å². The normalized spacial score (nSPS) is 12.4. The van der Waals surface area contributed by atoms with E-state index in [4.69, 9.17) is 32.7 Å².